The van der Waals surface area contributed by atoms with Gasteiger partial charge in [0.05, 0.1) is 0 Å². The van der Waals surface area contributed by atoms with E-state index in [4.69, 9.17) is 0 Å². The van der Waals surface area contributed by atoms with E-state index in [1.807, 2.05) is 6.08 Å². The Kier molecular flexibility index (Phi) is 10.2. The molecule has 1 aliphatic carbocycles. The number of rotatable bonds is 11. The molecule has 0 spiro atoms. The summed E-state index contributed by atoms with van der Waals surface area (Å²) in [6, 6.07) is 0. The Morgan fingerprint density at radius 3 is 2.58 bits per heavy atom. The fraction of sp³-hybridized carbons (Fsp3) is 0.542. The molecule has 0 saturated carbocycles. The highest BCUT2D eigenvalue weighted by atomic mass is 14.2. The molecule has 0 heteroatoms. The van der Waals surface area contributed by atoms with Crippen molar-refractivity contribution in [3.05, 3.63) is 65.0 Å². The zero-order valence-electron chi connectivity index (χ0n) is 16.3. The molecule has 1 atom stereocenters. The van der Waals surface area contributed by atoms with Crippen LogP contribution in [0, 0.1) is 5.92 Å². The molecule has 0 N–H and O–H groups in total. The predicted molar refractivity (Wildman–Crippen MR) is 109 cm³/mol. The first kappa shape index (κ1) is 20.5. The molecule has 0 aromatic heterocycles. The van der Waals surface area contributed by atoms with Crippen LogP contribution < -0.4 is 0 Å². The second-order valence-corrected chi connectivity index (χ2v) is 6.83. The Morgan fingerprint density at radius 2 is 1.96 bits per heavy atom. The van der Waals surface area contributed by atoms with Crippen molar-refractivity contribution in [3.63, 3.8) is 0 Å². The molecule has 0 radical (unpaired) electrons. The average Bonchev–Trinajstić information content (AvgIpc) is 2.74. The van der Waals surface area contributed by atoms with E-state index >= 15 is 0 Å². The van der Waals surface area contributed by atoms with Crippen molar-refractivity contribution in [1.82, 2.24) is 0 Å². The largest absolute Gasteiger partial charge is 0.117 e. The Bertz CT molecular complexity index is 545. The summed E-state index contributed by atoms with van der Waals surface area (Å²) < 4.78 is 0. The number of hydrogen-bond donors (Lipinski definition) is 0. The monoisotopic (exact) mass is 324 g/mol. The third-order valence-electron chi connectivity index (χ3n) is 4.68. The number of hydrogen-bond acceptors (Lipinski definition) is 0. The lowest BCUT2D eigenvalue weighted by Crippen LogP contribution is -2.04. The van der Waals surface area contributed by atoms with E-state index < -0.39 is 0 Å². The van der Waals surface area contributed by atoms with Gasteiger partial charge in [0.1, 0.15) is 0 Å². The second-order valence-electron chi connectivity index (χ2n) is 6.83. The second kappa shape index (κ2) is 11.9. The summed E-state index contributed by atoms with van der Waals surface area (Å²) in [7, 11) is 0. The van der Waals surface area contributed by atoms with Crippen molar-refractivity contribution in [2.45, 2.75) is 79.1 Å². The summed E-state index contributed by atoms with van der Waals surface area (Å²) in [6.07, 6.45) is 20.6. The van der Waals surface area contributed by atoms with Gasteiger partial charge >= 0.3 is 0 Å². The van der Waals surface area contributed by atoms with Crippen LogP contribution in [0.25, 0.3) is 0 Å². The van der Waals surface area contributed by atoms with E-state index in [1.165, 1.54) is 48.8 Å². The predicted octanol–water partition coefficient (Wildman–Crippen LogP) is 7.86. The summed E-state index contributed by atoms with van der Waals surface area (Å²) in [5, 5.41) is 0. The Hall–Kier alpha value is -1.52. The van der Waals surface area contributed by atoms with Gasteiger partial charge in [-0.25, -0.2) is 0 Å². The van der Waals surface area contributed by atoms with Crippen LogP contribution in [0.4, 0.5) is 0 Å². The van der Waals surface area contributed by atoms with Gasteiger partial charge in [0.2, 0.25) is 0 Å². The first-order valence-electron chi connectivity index (χ1n) is 9.79. The van der Waals surface area contributed by atoms with Crippen LogP contribution in [-0.2, 0) is 0 Å². The first-order chi connectivity index (χ1) is 11.7. The Balaban J connectivity index is 2.99. The highest BCUT2D eigenvalue weighted by Crippen LogP contribution is 2.29. The molecule has 132 valence electrons. The smallest absolute Gasteiger partial charge is 0.000658 e. The lowest BCUT2D eigenvalue weighted by atomic mass is 9.87. The zero-order chi connectivity index (χ0) is 17.8. The average molecular weight is 325 g/mol. The van der Waals surface area contributed by atoms with E-state index in [0.717, 1.165) is 19.3 Å². The summed E-state index contributed by atoms with van der Waals surface area (Å²) in [6.45, 7) is 12.9. The molecule has 0 aromatic rings. The van der Waals surface area contributed by atoms with Crippen molar-refractivity contribution >= 4 is 0 Å². The minimum atomic E-state index is 0.630. The van der Waals surface area contributed by atoms with Gasteiger partial charge in [0.25, 0.3) is 0 Å². The minimum Gasteiger partial charge on any atom is -0.117 e. The van der Waals surface area contributed by atoms with Crippen LogP contribution >= 0.6 is 0 Å². The van der Waals surface area contributed by atoms with Crippen LogP contribution in [-0.4, -0.2) is 0 Å². The van der Waals surface area contributed by atoms with Gasteiger partial charge in [0.15, 0.2) is 0 Å². The molecule has 0 amide bonds. The van der Waals surface area contributed by atoms with Gasteiger partial charge in [-0.1, -0.05) is 63.5 Å². The van der Waals surface area contributed by atoms with Crippen LogP contribution in [0.1, 0.15) is 79.1 Å². The molecule has 24 heavy (non-hydrogen) atoms. The molecular formula is C24H36. The topological polar surface area (TPSA) is 0 Å². The third kappa shape index (κ3) is 6.93. The molecule has 1 unspecified atom stereocenters. The van der Waals surface area contributed by atoms with Gasteiger partial charge in [-0.05, 0) is 67.7 Å². The summed E-state index contributed by atoms with van der Waals surface area (Å²) in [5.74, 6) is 0.630. The van der Waals surface area contributed by atoms with Crippen LogP contribution in [0.3, 0.4) is 0 Å². The van der Waals surface area contributed by atoms with E-state index in [1.54, 1.807) is 5.57 Å². The zero-order valence-corrected chi connectivity index (χ0v) is 16.3. The maximum atomic E-state index is 3.89. The molecule has 0 fully saturated rings. The molecule has 0 aromatic carbocycles. The molecule has 1 rings (SSSR count). The van der Waals surface area contributed by atoms with E-state index in [-0.39, 0.29) is 0 Å². The fourth-order valence-corrected chi connectivity index (χ4v) is 3.44. The van der Waals surface area contributed by atoms with Gasteiger partial charge in [-0.3, -0.25) is 0 Å². The van der Waals surface area contributed by atoms with Gasteiger partial charge in [0, 0.05) is 6.42 Å². The first-order valence-corrected chi connectivity index (χ1v) is 9.79. The lowest BCUT2D eigenvalue weighted by Gasteiger charge is -2.18. The fourth-order valence-electron chi connectivity index (χ4n) is 3.44. The number of allylic oxidation sites excluding steroid dienone is 8. The summed E-state index contributed by atoms with van der Waals surface area (Å²) in [5.41, 5.74) is 9.35. The van der Waals surface area contributed by atoms with E-state index in [0.29, 0.717) is 5.92 Å². The normalized spacial score (nSPS) is 16.2. The van der Waals surface area contributed by atoms with Gasteiger partial charge in [-0.15, -0.1) is 12.3 Å². The van der Waals surface area contributed by atoms with Crippen molar-refractivity contribution < 1.29 is 0 Å². The summed E-state index contributed by atoms with van der Waals surface area (Å²) >= 11 is 0. The molecule has 0 saturated heterocycles. The third-order valence-corrected chi connectivity index (χ3v) is 4.68. The molecule has 0 aliphatic heterocycles. The van der Waals surface area contributed by atoms with Crippen molar-refractivity contribution in [2.75, 3.05) is 0 Å². The minimum absolute atomic E-state index is 0.630. The van der Waals surface area contributed by atoms with E-state index in [9.17, 15) is 0 Å². The molecule has 1 aliphatic rings. The van der Waals surface area contributed by atoms with Crippen LogP contribution in [0.5, 0.6) is 0 Å². The summed E-state index contributed by atoms with van der Waals surface area (Å²) in [4.78, 5) is 0. The Morgan fingerprint density at radius 1 is 1.17 bits per heavy atom. The maximum absolute atomic E-state index is 3.89. The molecular weight excluding hydrogens is 288 g/mol. The SMILES string of the molecule is C=CCCC(CCC)C1=C(C)C=CC(C/C(=C\CC)CCC)=C=C1. The van der Waals surface area contributed by atoms with Crippen molar-refractivity contribution in [1.29, 1.82) is 0 Å². The molecule has 0 bridgehead atoms. The molecule has 0 nitrogen and oxygen atoms in total. The van der Waals surface area contributed by atoms with Gasteiger partial charge in [-0.2, -0.15) is 0 Å². The standard InChI is InChI=1S/C24H36/c1-6-10-14-23(13-9-4)24-18-17-22(16-15-20(24)5)19-21(11-7-2)12-8-3/h6,11,15-16,18,23H,1,7-10,12-14,19H2,2-5H3/b21-11-. The Labute approximate surface area is 150 Å². The highest BCUT2D eigenvalue weighted by Gasteiger charge is 2.14. The van der Waals surface area contributed by atoms with E-state index in [2.05, 4.69) is 64.3 Å². The quantitative estimate of drug-likeness (QED) is 0.268. The van der Waals surface area contributed by atoms with Crippen molar-refractivity contribution in [2.24, 2.45) is 5.92 Å². The van der Waals surface area contributed by atoms with Crippen molar-refractivity contribution in [3.8, 4) is 0 Å². The van der Waals surface area contributed by atoms with Gasteiger partial charge < -0.3 is 0 Å². The molecule has 0 heterocycles. The van der Waals surface area contributed by atoms with Crippen LogP contribution in [0.2, 0.25) is 0 Å². The lowest BCUT2D eigenvalue weighted by molar-refractivity contribution is 0.522. The maximum Gasteiger partial charge on any atom is 0.000658 e. The van der Waals surface area contributed by atoms with Crippen LogP contribution in [0.15, 0.2) is 65.0 Å². The highest BCUT2D eigenvalue weighted by molar-refractivity contribution is 5.41.